The third kappa shape index (κ3) is 3.98. The first-order valence-corrected chi connectivity index (χ1v) is 8.78. The second kappa shape index (κ2) is 6.54. The van der Waals surface area contributed by atoms with Crippen LogP contribution in [0.1, 0.15) is 38.2 Å². The molecule has 0 aromatic heterocycles. The van der Waals surface area contributed by atoms with Crippen LogP contribution in [-0.4, -0.2) is 25.6 Å². The molecule has 1 atom stereocenters. The van der Waals surface area contributed by atoms with Crippen molar-refractivity contribution in [2.75, 3.05) is 0 Å². The molecule has 0 aliphatic heterocycles. The van der Waals surface area contributed by atoms with Gasteiger partial charge in [-0.15, -0.1) is 0 Å². The van der Waals surface area contributed by atoms with Crippen molar-refractivity contribution in [3.05, 3.63) is 28.8 Å². The van der Waals surface area contributed by atoms with Gasteiger partial charge >= 0.3 is 5.97 Å². The number of benzene rings is 1. The molecule has 1 aliphatic rings. The molecule has 0 radical (unpaired) electrons. The molecule has 2 rings (SSSR count). The summed E-state index contributed by atoms with van der Waals surface area (Å²) < 4.78 is 24.3. The van der Waals surface area contributed by atoms with Crippen molar-refractivity contribution in [2.45, 2.75) is 43.6 Å². The van der Waals surface area contributed by atoms with Crippen molar-refractivity contribution >= 4 is 27.6 Å². The number of aliphatic carboxylic acids is 1. The molecule has 1 saturated carbocycles. The van der Waals surface area contributed by atoms with E-state index in [1.54, 1.807) is 6.07 Å². The van der Waals surface area contributed by atoms with E-state index in [-0.39, 0.29) is 16.7 Å². The van der Waals surface area contributed by atoms with Crippen LogP contribution in [-0.2, 0) is 19.7 Å². The van der Waals surface area contributed by atoms with E-state index in [1.165, 1.54) is 12.1 Å². The van der Waals surface area contributed by atoms with Gasteiger partial charge < -0.3 is 5.11 Å². The average molecular weight is 348 g/mol. The number of halogens is 1. The number of rotatable bonds is 7. The highest BCUT2D eigenvalue weighted by molar-refractivity contribution is 7.89. The van der Waals surface area contributed by atoms with Gasteiger partial charge in [-0.3, -0.25) is 4.84 Å². The Morgan fingerprint density at radius 3 is 2.50 bits per heavy atom. The van der Waals surface area contributed by atoms with E-state index in [0.29, 0.717) is 17.9 Å². The van der Waals surface area contributed by atoms with Gasteiger partial charge in [-0.05, 0) is 42.4 Å². The van der Waals surface area contributed by atoms with Crippen LogP contribution >= 0.6 is 11.6 Å². The third-order valence-corrected chi connectivity index (χ3v) is 5.00. The van der Waals surface area contributed by atoms with Crippen molar-refractivity contribution < 1.29 is 23.2 Å². The standard InChI is InChI=1S/C14H18ClNO5S/c1-8(2)11-6-5-10(7-12(11)15)22(19,20)16-21-13(14(17)18)9-3-4-9/h5-9,13,16H,3-4H2,1-2H3,(H,17,18). The minimum atomic E-state index is -3.98. The Kier molecular flexibility index (Phi) is 5.11. The lowest BCUT2D eigenvalue weighted by molar-refractivity contribution is -0.154. The fourth-order valence-corrected chi connectivity index (χ4v) is 3.36. The van der Waals surface area contributed by atoms with Gasteiger partial charge in [0.15, 0.2) is 6.10 Å². The molecule has 1 aliphatic carbocycles. The van der Waals surface area contributed by atoms with Gasteiger partial charge in [0.2, 0.25) is 0 Å². The summed E-state index contributed by atoms with van der Waals surface area (Å²) in [6.45, 7) is 3.90. The van der Waals surface area contributed by atoms with E-state index in [0.717, 1.165) is 5.56 Å². The van der Waals surface area contributed by atoms with Crippen molar-refractivity contribution in [2.24, 2.45) is 5.92 Å². The van der Waals surface area contributed by atoms with Crippen molar-refractivity contribution in [3.63, 3.8) is 0 Å². The zero-order chi connectivity index (χ0) is 16.5. The molecule has 1 aromatic rings. The average Bonchev–Trinajstić information content (AvgIpc) is 3.22. The summed E-state index contributed by atoms with van der Waals surface area (Å²) in [6.07, 6.45) is 0.265. The van der Waals surface area contributed by atoms with E-state index in [1.807, 2.05) is 18.7 Å². The zero-order valence-electron chi connectivity index (χ0n) is 12.2. The molecule has 0 spiro atoms. The van der Waals surface area contributed by atoms with Crippen LogP contribution in [0.15, 0.2) is 23.1 Å². The van der Waals surface area contributed by atoms with Gasteiger partial charge in [0, 0.05) is 5.02 Å². The normalized spacial score (nSPS) is 16.7. The fourth-order valence-electron chi connectivity index (χ4n) is 2.05. The van der Waals surface area contributed by atoms with Crippen LogP contribution in [0.2, 0.25) is 5.02 Å². The summed E-state index contributed by atoms with van der Waals surface area (Å²) in [5.74, 6) is -1.16. The summed E-state index contributed by atoms with van der Waals surface area (Å²) in [5.41, 5.74) is 0.836. The summed E-state index contributed by atoms with van der Waals surface area (Å²) >= 11 is 6.08. The monoisotopic (exact) mass is 347 g/mol. The number of nitrogens with one attached hydrogen (secondary N) is 1. The van der Waals surface area contributed by atoms with Gasteiger partial charge in [0.25, 0.3) is 10.0 Å². The first-order valence-electron chi connectivity index (χ1n) is 6.92. The quantitative estimate of drug-likeness (QED) is 0.739. The Morgan fingerprint density at radius 1 is 1.41 bits per heavy atom. The Balaban J connectivity index is 2.13. The minimum Gasteiger partial charge on any atom is -0.479 e. The van der Waals surface area contributed by atoms with Crippen LogP contribution in [0.25, 0.3) is 0 Å². The van der Waals surface area contributed by atoms with Crippen LogP contribution in [0.4, 0.5) is 0 Å². The smallest absolute Gasteiger partial charge is 0.335 e. The summed E-state index contributed by atoms with van der Waals surface area (Å²) in [4.78, 5) is 17.7. The molecule has 1 fully saturated rings. The van der Waals surface area contributed by atoms with Gasteiger partial charge in [-0.2, -0.15) is 0 Å². The molecule has 122 valence electrons. The van der Waals surface area contributed by atoms with Crippen LogP contribution in [0, 0.1) is 5.92 Å². The van der Waals surface area contributed by atoms with Gasteiger partial charge in [-0.1, -0.05) is 36.4 Å². The maximum atomic E-state index is 12.1. The zero-order valence-corrected chi connectivity index (χ0v) is 13.8. The largest absolute Gasteiger partial charge is 0.479 e. The highest BCUT2D eigenvalue weighted by Crippen LogP contribution is 2.34. The van der Waals surface area contributed by atoms with E-state index < -0.39 is 22.1 Å². The van der Waals surface area contributed by atoms with Gasteiger partial charge in [-0.25, -0.2) is 13.2 Å². The number of hydrogen-bond donors (Lipinski definition) is 2. The number of sulfonamides is 1. The van der Waals surface area contributed by atoms with Crippen LogP contribution < -0.4 is 4.89 Å². The van der Waals surface area contributed by atoms with Crippen molar-refractivity contribution in [3.8, 4) is 0 Å². The summed E-state index contributed by atoms with van der Waals surface area (Å²) in [7, 11) is -3.98. The fraction of sp³-hybridized carbons (Fsp3) is 0.500. The van der Waals surface area contributed by atoms with Crippen molar-refractivity contribution in [1.29, 1.82) is 0 Å². The molecule has 1 unspecified atom stereocenters. The molecule has 0 heterocycles. The highest BCUT2D eigenvalue weighted by atomic mass is 35.5. The Bertz CT molecular complexity index is 670. The van der Waals surface area contributed by atoms with Crippen LogP contribution in [0.3, 0.4) is 0 Å². The number of carboxylic acids is 1. The van der Waals surface area contributed by atoms with E-state index in [9.17, 15) is 13.2 Å². The third-order valence-electron chi connectivity index (χ3n) is 3.48. The minimum absolute atomic E-state index is 0.0677. The van der Waals surface area contributed by atoms with E-state index >= 15 is 0 Å². The Labute approximate surface area is 134 Å². The molecule has 2 N–H and O–H groups in total. The Morgan fingerprint density at radius 2 is 2.05 bits per heavy atom. The molecule has 1 aromatic carbocycles. The SMILES string of the molecule is CC(C)c1ccc(S(=O)(=O)NOC(C(=O)O)C2CC2)cc1Cl. The number of carboxylic acid groups (broad SMARTS) is 1. The maximum absolute atomic E-state index is 12.1. The van der Waals surface area contributed by atoms with E-state index in [2.05, 4.69) is 0 Å². The molecule has 22 heavy (non-hydrogen) atoms. The molecule has 0 saturated heterocycles. The maximum Gasteiger partial charge on any atom is 0.335 e. The summed E-state index contributed by atoms with van der Waals surface area (Å²) in [5, 5.41) is 9.35. The molecule has 0 amide bonds. The van der Waals surface area contributed by atoms with Crippen molar-refractivity contribution in [1.82, 2.24) is 4.89 Å². The lowest BCUT2D eigenvalue weighted by Gasteiger charge is -2.14. The van der Waals surface area contributed by atoms with Crippen LogP contribution in [0.5, 0.6) is 0 Å². The van der Waals surface area contributed by atoms with Gasteiger partial charge in [0.1, 0.15) is 0 Å². The van der Waals surface area contributed by atoms with E-state index in [4.69, 9.17) is 21.5 Å². The second-order valence-corrected chi connectivity index (χ2v) is 7.69. The highest BCUT2D eigenvalue weighted by Gasteiger charge is 2.38. The first kappa shape index (κ1) is 17.2. The molecular formula is C14H18ClNO5S. The predicted molar refractivity (Wildman–Crippen MR) is 81.1 cm³/mol. The molecule has 0 bridgehead atoms. The first-order chi connectivity index (χ1) is 10.2. The molecule has 6 nitrogen and oxygen atoms in total. The number of hydrogen-bond acceptors (Lipinski definition) is 4. The van der Waals surface area contributed by atoms with Gasteiger partial charge in [0.05, 0.1) is 4.90 Å². The Hall–Kier alpha value is -1.15. The lowest BCUT2D eigenvalue weighted by atomic mass is 10.0. The second-order valence-electron chi connectivity index (χ2n) is 5.64. The number of carbonyl (C=O) groups is 1. The predicted octanol–water partition coefficient (Wildman–Crippen LogP) is 2.54. The summed E-state index contributed by atoms with van der Waals surface area (Å²) in [6, 6.07) is 4.38. The molecular weight excluding hydrogens is 330 g/mol. The topological polar surface area (TPSA) is 92.7 Å². The lowest BCUT2D eigenvalue weighted by Crippen LogP contribution is -2.35. The molecule has 8 heteroatoms.